The number of hydrogen-bond acceptors (Lipinski definition) is 4. The summed E-state index contributed by atoms with van der Waals surface area (Å²) in [5.41, 5.74) is 0. The Labute approximate surface area is 111 Å². The van der Waals surface area contributed by atoms with Crippen LogP contribution in [0.1, 0.15) is 4.88 Å². The van der Waals surface area contributed by atoms with Crippen LogP contribution in [0.5, 0.6) is 5.75 Å². The second-order valence-corrected chi connectivity index (χ2v) is 5.81. The normalized spacial score (nSPS) is 17.2. The van der Waals surface area contributed by atoms with Crippen LogP contribution in [0.3, 0.4) is 0 Å². The van der Waals surface area contributed by atoms with Crippen LogP contribution < -0.4 is 10.1 Å². The molecule has 0 bridgehead atoms. The minimum Gasteiger partial charge on any atom is -0.497 e. The fourth-order valence-corrected chi connectivity index (χ4v) is 3.50. The van der Waals surface area contributed by atoms with Crippen molar-refractivity contribution < 1.29 is 4.74 Å². The van der Waals surface area contributed by atoms with Gasteiger partial charge in [0.15, 0.2) is 0 Å². The van der Waals surface area contributed by atoms with Crippen LogP contribution in [0.15, 0.2) is 24.3 Å². The summed E-state index contributed by atoms with van der Waals surface area (Å²) in [7, 11) is 1.72. The van der Waals surface area contributed by atoms with Crippen molar-refractivity contribution in [2.24, 2.45) is 0 Å². The molecule has 1 saturated heterocycles. The van der Waals surface area contributed by atoms with Crippen LogP contribution >= 0.6 is 11.3 Å². The lowest BCUT2D eigenvalue weighted by atomic mass is 10.2. The number of ether oxygens (including phenoxy) is 1. The van der Waals surface area contributed by atoms with Crippen LogP contribution in [0.2, 0.25) is 0 Å². The summed E-state index contributed by atoms with van der Waals surface area (Å²) in [5.74, 6) is 0.943. The van der Waals surface area contributed by atoms with Crippen molar-refractivity contribution in [1.29, 1.82) is 0 Å². The molecule has 1 N–H and O–H groups in total. The number of nitrogens with zero attached hydrogens (tertiary/aromatic N) is 1. The standard InChI is InChI=1S/C14H18N2OS/c1-17-12-3-2-11-8-13(18-14(11)9-12)10-16-6-4-15-5-7-16/h2-3,8-9,15H,4-7,10H2,1H3. The number of rotatable bonds is 3. The minimum absolute atomic E-state index is 0.943. The largest absolute Gasteiger partial charge is 0.497 e. The lowest BCUT2D eigenvalue weighted by molar-refractivity contribution is 0.235. The molecule has 3 nitrogen and oxygen atoms in total. The Balaban J connectivity index is 1.79. The number of nitrogens with one attached hydrogen (secondary N) is 1. The van der Waals surface area contributed by atoms with Crippen LogP contribution in [-0.4, -0.2) is 38.2 Å². The first-order valence-electron chi connectivity index (χ1n) is 6.35. The maximum absolute atomic E-state index is 5.27. The van der Waals surface area contributed by atoms with E-state index in [0.29, 0.717) is 0 Å². The fraction of sp³-hybridized carbons (Fsp3) is 0.429. The molecule has 1 fully saturated rings. The Morgan fingerprint density at radius 1 is 1.28 bits per heavy atom. The molecule has 0 spiro atoms. The van der Waals surface area contributed by atoms with Crippen LogP contribution in [0.25, 0.3) is 10.1 Å². The van der Waals surface area contributed by atoms with Gasteiger partial charge in [0.05, 0.1) is 7.11 Å². The first kappa shape index (κ1) is 12.0. The molecule has 3 rings (SSSR count). The van der Waals surface area contributed by atoms with E-state index < -0.39 is 0 Å². The van der Waals surface area contributed by atoms with Crippen molar-refractivity contribution in [1.82, 2.24) is 10.2 Å². The van der Waals surface area contributed by atoms with E-state index in [1.54, 1.807) is 7.11 Å². The average Bonchev–Trinajstić information content (AvgIpc) is 2.80. The van der Waals surface area contributed by atoms with Gasteiger partial charge in [0, 0.05) is 42.3 Å². The molecular formula is C14H18N2OS. The molecule has 2 aromatic rings. The van der Waals surface area contributed by atoms with Crippen molar-refractivity contribution in [3.8, 4) is 5.75 Å². The van der Waals surface area contributed by atoms with Gasteiger partial charge in [-0.05, 0) is 29.7 Å². The molecule has 0 saturated carbocycles. The third-order valence-corrected chi connectivity index (χ3v) is 4.45. The summed E-state index contributed by atoms with van der Waals surface area (Å²) in [6.45, 7) is 5.59. The third kappa shape index (κ3) is 2.51. The summed E-state index contributed by atoms with van der Waals surface area (Å²) in [6, 6.07) is 8.61. The molecule has 0 aliphatic carbocycles. The maximum Gasteiger partial charge on any atom is 0.120 e. The van der Waals surface area contributed by atoms with Crippen molar-refractivity contribution in [3.05, 3.63) is 29.1 Å². The Hall–Kier alpha value is -1.10. The number of benzene rings is 1. The van der Waals surface area contributed by atoms with Gasteiger partial charge >= 0.3 is 0 Å². The fourth-order valence-electron chi connectivity index (χ4n) is 2.36. The summed E-state index contributed by atoms with van der Waals surface area (Å²) < 4.78 is 6.59. The molecule has 96 valence electrons. The summed E-state index contributed by atoms with van der Waals surface area (Å²) in [6.07, 6.45) is 0. The number of fused-ring (bicyclic) bond motifs is 1. The number of hydrogen-bond donors (Lipinski definition) is 1. The smallest absolute Gasteiger partial charge is 0.120 e. The highest BCUT2D eigenvalue weighted by molar-refractivity contribution is 7.19. The molecule has 18 heavy (non-hydrogen) atoms. The second-order valence-electron chi connectivity index (χ2n) is 4.64. The molecule has 2 heterocycles. The highest BCUT2D eigenvalue weighted by Gasteiger charge is 2.11. The highest BCUT2D eigenvalue weighted by atomic mass is 32.1. The lowest BCUT2D eigenvalue weighted by Crippen LogP contribution is -2.42. The number of piperazine rings is 1. The molecule has 1 aliphatic heterocycles. The van der Waals surface area contributed by atoms with Gasteiger partial charge in [0.25, 0.3) is 0 Å². The van der Waals surface area contributed by atoms with E-state index in [1.807, 2.05) is 17.4 Å². The summed E-state index contributed by atoms with van der Waals surface area (Å²) >= 11 is 1.88. The van der Waals surface area contributed by atoms with E-state index in [4.69, 9.17) is 4.74 Å². The topological polar surface area (TPSA) is 24.5 Å². The first-order chi connectivity index (χ1) is 8.85. The zero-order chi connectivity index (χ0) is 12.4. The first-order valence-corrected chi connectivity index (χ1v) is 7.16. The molecule has 4 heteroatoms. The summed E-state index contributed by atoms with van der Waals surface area (Å²) in [4.78, 5) is 3.96. The van der Waals surface area contributed by atoms with E-state index in [-0.39, 0.29) is 0 Å². The van der Waals surface area contributed by atoms with Gasteiger partial charge in [0.2, 0.25) is 0 Å². The van der Waals surface area contributed by atoms with Crippen molar-refractivity contribution in [2.45, 2.75) is 6.54 Å². The van der Waals surface area contributed by atoms with E-state index >= 15 is 0 Å². The molecule has 0 radical (unpaired) electrons. The maximum atomic E-state index is 5.27. The van der Waals surface area contributed by atoms with E-state index in [9.17, 15) is 0 Å². The van der Waals surface area contributed by atoms with Gasteiger partial charge in [-0.15, -0.1) is 11.3 Å². The Kier molecular flexibility index (Phi) is 3.50. The van der Waals surface area contributed by atoms with Crippen molar-refractivity contribution >= 4 is 21.4 Å². The Morgan fingerprint density at radius 2 is 2.11 bits per heavy atom. The molecular weight excluding hydrogens is 244 g/mol. The lowest BCUT2D eigenvalue weighted by Gasteiger charge is -2.26. The van der Waals surface area contributed by atoms with Gasteiger partial charge in [-0.1, -0.05) is 0 Å². The van der Waals surface area contributed by atoms with Gasteiger partial charge in [0.1, 0.15) is 5.75 Å². The summed E-state index contributed by atoms with van der Waals surface area (Å²) in [5, 5.41) is 4.71. The van der Waals surface area contributed by atoms with Gasteiger partial charge < -0.3 is 10.1 Å². The third-order valence-electron chi connectivity index (χ3n) is 3.37. The number of methoxy groups -OCH3 is 1. The molecule has 1 aliphatic rings. The predicted molar refractivity (Wildman–Crippen MR) is 76.5 cm³/mol. The molecule has 0 amide bonds. The number of thiophene rings is 1. The van der Waals surface area contributed by atoms with Gasteiger partial charge in [-0.25, -0.2) is 0 Å². The molecule has 1 aromatic heterocycles. The monoisotopic (exact) mass is 262 g/mol. The quantitative estimate of drug-likeness (QED) is 0.918. The van der Waals surface area contributed by atoms with Crippen LogP contribution in [0.4, 0.5) is 0 Å². The molecule has 0 unspecified atom stereocenters. The Bertz CT molecular complexity index is 532. The average molecular weight is 262 g/mol. The predicted octanol–water partition coefficient (Wildman–Crippen LogP) is 2.32. The molecule has 1 aromatic carbocycles. The van der Waals surface area contributed by atoms with Crippen molar-refractivity contribution in [2.75, 3.05) is 33.3 Å². The zero-order valence-electron chi connectivity index (χ0n) is 10.6. The Morgan fingerprint density at radius 3 is 2.89 bits per heavy atom. The van der Waals surface area contributed by atoms with E-state index in [2.05, 4.69) is 28.4 Å². The second kappa shape index (κ2) is 5.26. The minimum atomic E-state index is 0.943. The van der Waals surface area contributed by atoms with Gasteiger partial charge in [-0.3, -0.25) is 4.90 Å². The van der Waals surface area contributed by atoms with Crippen molar-refractivity contribution in [3.63, 3.8) is 0 Å². The molecule has 0 atom stereocenters. The van der Waals surface area contributed by atoms with Gasteiger partial charge in [-0.2, -0.15) is 0 Å². The van der Waals surface area contributed by atoms with Crippen LogP contribution in [-0.2, 0) is 6.54 Å². The van der Waals surface area contributed by atoms with Crippen LogP contribution in [0, 0.1) is 0 Å². The van der Waals surface area contributed by atoms with E-state index in [0.717, 1.165) is 38.5 Å². The van der Waals surface area contributed by atoms with E-state index in [1.165, 1.54) is 15.0 Å². The SMILES string of the molecule is COc1ccc2cc(CN3CCNCC3)sc2c1. The highest BCUT2D eigenvalue weighted by Crippen LogP contribution is 2.29. The zero-order valence-corrected chi connectivity index (χ0v) is 11.4.